The summed E-state index contributed by atoms with van der Waals surface area (Å²) in [7, 11) is -2.59. The fraction of sp³-hybridized carbons (Fsp3) is 0.417. The third-order valence-corrected chi connectivity index (χ3v) is 8.25. The van der Waals surface area contributed by atoms with Gasteiger partial charge in [-0.15, -0.1) is 0 Å². The Morgan fingerprint density at radius 3 is 2.61 bits per heavy atom. The van der Waals surface area contributed by atoms with Crippen molar-refractivity contribution < 1.29 is 32.7 Å². The van der Waals surface area contributed by atoms with Gasteiger partial charge in [-0.3, -0.25) is 0 Å². The van der Waals surface area contributed by atoms with Gasteiger partial charge < -0.3 is 25.0 Å². The van der Waals surface area contributed by atoms with E-state index in [-0.39, 0.29) is 60.3 Å². The molecule has 2 atom stereocenters. The lowest BCUT2D eigenvalue weighted by Crippen LogP contribution is -2.30. The predicted octanol–water partition coefficient (Wildman–Crippen LogP) is 3.68. The fourth-order valence-corrected chi connectivity index (χ4v) is 6.23. The van der Waals surface area contributed by atoms with E-state index in [0.29, 0.717) is 18.5 Å². The second-order valence-corrected chi connectivity index (χ2v) is 11.1. The Balaban J connectivity index is 0.00000304. The van der Waals surface area contributed by atoms with Gasteiger partial charge >= 0.3 is 0 Å². The summed E-state index contributed by atoms with van der Waals surface area (Å²) >= 11 is 0. The highest BCUT2D eigenvalue weighted by Gasteiger charge is 2.29. The zero-order valence-corrected chi connectivity index (χ0v) is 19.4. The first kappa shape index (κ1) is 26.1. The molecule has 0 aliphatic carbocycles. The Morgan fingerprint density at radius 2 is 1.89 bits per heavy atom. The predicted molar refractivity (Wildman–Crippen MR) is 132 cm³/mol. The van der Waals surface area contributed by atoms with Crippen LogP contribution in [0.4, 0.5) is 26.0 Å². The lowest BCUT2D eigenvalue weighted by Gasteiger charge is -2.20. The van der Waals surface area contributed by atoms with Crippen molar-refractivity contribution in [1.29, 1.82) is 0 Å². The number of aliphatic hydroxyl groups is 2. The summed E-state index contributed by atoms with van der Waals surface area (Å²) < 4.78 is 57.4. The van der Waals surface area contributed by atoms with Crippen LogP contribution in [0.1, 0.15) is 20.3 Å². The van der Waals surface area contributed by atoms with Crippen LogP contribution in [-0.2, 0) is 14.5 Å². The number of fused-ring (bicyclic) bond motifs is 1. The maximum atomic E-state index is 15.2. The van der Waals surface area contributed by atoms with Crippen LogP contribution in [0.25, 0.3) is 10.9 Å². The molecule has 194 valence electrons. The molecule has 2 aliphatic rings. The molecule has 0 amide bonds. The van der Waals surface area contributed by atoms with Crippen molar-refractivity contribution in [1.82, 2.24) is 9.97 Å². The van der Waals surface area contributed by atoms with Gasteiger partial charge in [0.25, 0.3) is 0 Å². The van der Waals surface area contributed by atoms with Crippen molar-refractivity contribution in [3.8, 4) is 5.75 Å². The van der Waals surface area contributed by atoms with Crippen molar-refractivity contribution >= 4 is 37.8 Å². The summed E-state index contributed by atoms with van der Waals surface area (Å²) in [6, 6.07) is 6.48. The number of ether oxygens (including phenoxy) is 2. The third-order valence-electron chi connectivity index (χ3n) is 5.96. The van der Waals surface area contributed by atoms with Gasteiger partial charge in [0.2, 0.25) is 0 Å². The van der Waals surface area contributed by atoms with E-state index in [9.17, 15) is 18.8 Å². The number of halogens is 2. The Labute approximate surface area is 207 Å². The topological polar surface area (TPSA) is 126 Å². The molecule has 2 saturated heterocycles. The molecule has 3 aromatic rings. The Kier molecular flexibility index (Phi) is 7.69. The molecule has 0 radical (unpaired) electrons. The van der Waals surface area contributed by atoms with Gasteiger partial charge in [0, 0.05) is 23.6 Å². The van der Waals surface area contributed by atoms with Gasteiger partial charge in [0.15, 0.2) is 6.10 Å². The second kappa shape index (κ2) is 10.6. The molecule has 36 heavy (non-hydrogen) atoms. The van der Waals surface area contributed by atoms with Crippen LogP contribution in [0.2, 0.25) is 0 Å². The summed E-state index contributed by atoms with van der Waals surface area (Å²) in [5.41, 5.74) is 0.744. The molecule has 9 nitrogen and oxygen atoms in total. The molecule has 0 saturated carbocycles. The van der Waals surface area contributed by atoms with Gasteiger partial charge in [0.05, 0.1) is 51.3 Å². The highest BCUT2D eigenvalue weighted by molar-refractivity contribution is 7.93. The minimum absolute atomic E-state index is 0. The number of nitrogens with one attached hydrogen (secondary N) is 1. The molecule has 0 unspecified atom stereocenters. The molecular weight excluding hydrogens is 494 g/mol. The lowest BCUT2D eigenvalue weighted by atomic mass is 10.2. The van der Waals surface area contributed by atoms with E-state index in [4.69, 9.17) is 9.47 Å². The number of hydrogen-bond acceptors (Lipinski definition) is 9. The highest BCUT2D eigenvalue weighted by atomic mass is 32.2. The minimum atomic E-state index is -2.59. The van der Waals surface area contributed by atoms with E-state index in [1.165, 1.54) is 30.6 Å². The van der Waals surface area contributed by atoms with E-state index < -0.39 is 39.7 Å². The summed E-state index contributed by atoms with van der Waals surface area (Å²) in [6.07, 6.45) is -0.00274. The van der Waals surface area contributed by atoms with E-state index >= 15 is 4.39 Å². The summed E-state index contributed by atoms with van der Waals surface area (Å²) in [5.74, 6) is -0.504. The van der Waals surface area contributed by atoms with Gasteiger partial charge in [0.1, 0.15) is 35.6 Å². The average Bonchev–Trinajstić information content (AvgIpc) is 3.22. The van der Waals surface area contributed by atoms with Crippen molar-refractivity contribution in [3.05, 3.63) is 48.3 Å². The first-order chi connectivity index (χ1) is 16.8. The SMILES string of the molecule is C.O=S1(=Nc2cc(F)c3c(Nc4ccc(F)cc4O[C@@H]4COC[C@@H]4O)ncnc3c2)CCC(O)CC1. The van der Waals surface area contributed by atoms with Gasteiger partial charge in [-0.25, -0.2) is 23.0 Å². The van der Waals surface area contributed by atoms with E-state index in [2.05, 4.69) is 19.6 Å². The number of aromatic nitrogens is 2. The maximum absolute atomic E-state index is 15.2. The number of nitrogens with zero attached hydrogens (tertiary/aromatic N) is 3. The molecule has 3 heterocycles. The number of hydrogen-bond donors (Lipinski definition) is 3. The summed E-state index contributed by atoms with van der Waals surface area (Å²) in [4.78, 5) is 8.28. The molecule has 12 heteroatoms. The molecule has 1 aromatic heterocycles. The molecule has 0 spiro atoms. The van der Waals surface area contributed by atoms with Crippen molar-refractivity contribution in [2.75, 3.05) is 30.0 Å². The lowest BCUT2D eigenvalue weighted by molar-refractivity contribution is 0.0736. The Morgan fingerprint density at radius 1 is 1.11 bits per heavy atom. The standard InChI is InChI=1S/C23H24F2N4O5S.CH4/c24-13-1-2-17(20(7-13)34-21-11-33-10-19(21)31)28-23-22-16(25)8-14(9-18(22)26-12-27-23)29-35(32)5-3-15(30)4-6-35;/h1-2,7-9,12,15,19,21,30-31H,3-6,10-11H2,(H,26,27,28);1H4/t15?,19-,21+,35?;/m0./s1. The summed E-state index contributed by atoms with van der Waals surface area (Å²) in [6.45, 7) is 0.265. The maximum Gasteiger partial charge on any atom is 0.150 e. The van der Waals surface area contributed by atoms with Crippen LogP contribution in [0.15, 0.2) is 41.0 Å². The molecule has 0 bridgehead atoms. The van der Waals surface area contributed by atoms with Crippen molar-refractivity contribution in [2.45, 2.75) is 38.6 Å². The molecular formula is C24H28F2N4O5S. The third kappa shape index (κ3) is 5.56. The molecule has 2 aromatic carbocycles. The smallest absolute Gasteiger partial charge is 0.150 e. The number of aliphatic hydroxyl groups excluding tert-OH is 2. The number of anilines is 2. The molecule has 2 fully saturated rings. The molecule has 3 N–H and O–H groups in total. The summed E-state index contributed by atoms with van der Waals surface area (Å²) in [5, 5.41) is 22.7. The normalized spacial score (nSPS) is 25.8. The van der Waals surface area contributed by atoms with Crippen LogP contribution in [0.5, 0.6) is 5.75 Å². The Hall–Kier alpha value is -2.93. The Bertz CT molecular complexity index is 1370. The van der Waals surface area contributed by atoms with Crippen molar-refractivity contribution in [3.63, 3.8) is 0 Å². The van der Waals surface area contributed by atoms with Crippen LogP contribution in [-0.4, -0.2) is 67.4 Å². The fourth-order valence-electron chi connectivity index (χ4n) is 4.07. The average molecular weight is 523 g/mol. The minimum Gasteiger partial charge on any atom is -0.483 e. The van der Waals surface area contributed by atoms with Crippen LogP contribution < -0.4 is 10.1 Å². The highest BCUT2D eigenvalue weighted by Crippen LogP contribution is 2.34. The zero-order chi connectivity index (χ0) is 24.6. The molecule has 5 rings (SSSR count). The van der Waals surface area contributed by atoms with Gasteiger partial charge in [-0.2, -0.15) is 4.36 Å². The number of benzene rings is 2. The van der Waals surface area contributed by atoms with E-state index in [1.807, 2.05) is 0 Å². The van der Waals surface area contributed by atoms with Crippen LogP contribution >= 0.6 is 0 Å². The second-order valence-electron chi connectivity index (χ2n) is 8.57. The first-order valence-electron chi connectivity index (χ1n) is 11.1. The van der Waals surface area contributed by atoms with Gasteiger partial charge in [-0.1, -0.05) is 7.43 Å². The largest absolute Gasteiger partial charge is 0.483 e. The zero-order valence-electron chi connectivity index (χ0n) is 18.6. The molecule has 2 aliphatic heterocycles. The number of rotatable bonds is 5. The monoisotopic (exact) mass is 522 g/mol. The van der Waals surface area contributed by atoms with Crippen LogP contribution in [0, 0.1) is 11.6 Å². The van der Waals surface area contributed by atoms with Crippen molar-refractivity contribution in [2.24, 2.45) is 4.36 Å². The van der Waals surface area contributed by atoms with E-state index in [0.717, 1.165) is 6.07 Å². The van der Waals surface area contributed by atoms with Crippen LogP contribution in [0.3, 0.4) is 0 Å². The first-order valence-corrected chi connectivity index (χ1v) is 13.0. The van der Waals surface area contributed by atoms with Gasteiger partial charge in [-0.05, 0) is 31.0 Å². The quantitative estimate of drug-likeness (QED) is 0.463. The van der Waals surface area contributed by atoms with E-state index in [1.54, 1.807) is 0 Å².